The van der Waals surface area contributed by atoms with Crippen LogP contribution in [0.2, 0.25) is 0 Å². The number of hydrogen-bond donors (Lipinski definition) is 0. The molecule has 0 amide bonds. The maximum atomic E-state index is 12.6. The van der Waals surface area contributed by atoms with Gasteiger partial charge < -0.3 is 4.57 Å². The molecule has 0 atom stereocenters. The van der Waals surface area contributed by atoms with Crippen molar-refractivity contribution >= 4 is 16.1 Å². The molecule has 0 saturated carbocycles. The van der Waals surface area contributed by atoms with Crippen molar-refractivity contribution in [1.29, 1.82) is 0 Å². The first-order valence-corrected chi connectivity index (χ1v) is 9.84. The number of benzene rings is 2. The Kier molecular flexibility index (Phi) is 4.40. The summed E-state index contributed by atoms with van der Waals surface area (Å²) in [6, 6.07) is 19.2. The van der Waals surface area contributed by atoms with E-state index in [1.807, 2.05) is 65.2 Å². The third-order valence-corrected chi connectivity index (χ3v) is 5.85. The Bertz CT molecular complexity index is 1030. The van der Waals surface area contributed by atoms with Gasteiger partial charge in [-0.3, -0.25) is 0 Å². The summed E-state index contributed by atoms with van der Waals surface area (Å²) in [7, 11) is -3.51. The molecule has 0 spiro atoms. The van der Waals surface area contributed by atoms with Gasteiger partial charge in [-0.25, -0.2) is 8.42 Å². The maximum absolute atomic E-state index is 12.6. The van der Waals surface area contributed by atoms with Gasteiger partial charge in [0.05, 0.1) is 6.54 Å². The van der Waals surface area contributed by atoms with Crippen LogP contribution >= 0.6 is 0 Å². The number of aromatic nitrogens is 3. The highest BCUT2D eigenvalue weighted by molar-refractivity contribution is 7.92. The first kappa shape index (κ1) is 16.7. The first-order valence-electron chi connectivity index (χ1n) is 8.34. The van der Waals surface area contributed by atoms with Crippen LogP contribution in [0.25, 0.3) is 17.5 Å². The van der Waals surface area contributed by atoms with E-state index in [1.165, 1.54) is 9.71 Å². The molecule has 0 radical (unpaired) electrons. The van der Waals surface area contributed by atoms with Crippen molar-refractivity contribution in [2.24, 2.45) is 0 Å². The fourth-order valence-corrected chi connectivity index (χ4v) is 4.10. The lowest BCUT2D eigenvalue weighted by atomic mass is 10.2. The van der Waals surface area contributed by atoms with E-state index in [0.29, 0.717) is 18.9 Å². The minimum absolute atomic E-state index is 0.224. The quantitative estimate of drug-likeness (QED) is 0.712. The second kappa shape index (κ2) is 6.86. The molecule has 0 unspecified atom stereocenters. The van der Waals surface area contributed by atoms with Gasteiger partial charge in [0, 0.05) is 24.1 Å². The van der Waals surface area contributed by atoms with Gasteiger partial charge in [0.15, 0.2) is 5.82 Å². The zero-order valence-corrected chi connectivity index (χ0v) is 14.9. The molecular weight excluding hydrogens is 348 g/mol. The molecule has 2 heterocycles. The summed E-state index contributed by atoms with van der Waals surface area (Å²) in [6.45, 7) is 1.15. The Morgan fingerprint density at radius 1 is 0.885 bits per heavy atom. The standard InChI is InChI=1S/C19H18N4O2S/c24-26(25,14-11-16-7-3-1-4-8-16)22-12-13-23-18(15-22)20-21-19(23)17-9-5-2-6-10-17/h1-11,14H,12-13,15H2/b14-11+. The molecule has 1 aromatic heterocycles. The third kappa shape index (κ3) is 3.31. The Balaban J connectivity index is 1.55. The van der Waals surface area contributed by atoms with Crippen LogP contribution in [0.4, 0.5) is 0 Å². The van der Waals surface area contributed by atoms with Crippen molar-refractivity contribution in [3.05, 3.63) is 77.5 Å². The van der Waals surface area contributed by atoms with Crippen molar-refractivity contribution in [3.63, 3.8) is 0 Å². The lowest BCUT2D eigenvalue weighted by Gasteiger charge is -2.25. The molecule has 1 aliphatic heterocycles. The van der Waals surface area contributed by atoms with E-state index in [9.17, 15) is 8.42 Å². The number of hydrogen-bond acceptors (Lipinski definition) is 4. The monoisotopic (exact) mass is 366 g/mol. The Hall–Kier alpha value is -2.77. The molecule has 6 nitrogen and oxygen atoms in total. The third-order valence-electron chi connectivity index (χ3n) is 4.34. The molecule has 7 heteroatoms. The predicted molar refractivity (Wildman–Crippen MR) is 100 cm³/mol. The lowest BCUT2D eigenvalue weighted by Crippen LogP contribution is -2.37. The van der Waals surface area contributed by atoms with Crippen molar-refractivity contribution in [3.8, 4) is 11.4 Å². The fourth-order valence-electron chi connectivity index (χ4n) is 2.97. The molecule has 26 heavy (non-hydrogen) atoms. The van der Waals surface area contributed by atoms with Crippen LogP contribution < -0.4 is 0 Å². The van der Waals surface area contributed by atoms with E-state index in [2.05, 4.69) is 10.2 Å². The molecule has 3 aromatic rings. The molecule has 2 aromatic carbocycles. The molecule has 0 aliphatic carbocycles. The minimum atomic E-state index is -3.51. The van der Waals surface area contributed by atoms with Gasteiger partial charge in [0.2, 0.25) is 10.0 Å². The number of nitrogens with zero attached hydrogens (tertiary/aromatic N) is 4. The van der Waals surface area contributed by atoms with Crippen LogP contribution in [-0.4, -0.2) is 34.0 Å². The summed E-state index contributed by atoms with van der Waals surface area (Å²) in [4.78, 5) is 0. The van der Waals surface area contributed by atoms with Crippen molar-refractivity contribution < 1.29 is 8.42 Å². The predicted octanol–water partition coefficient (Wildman–Crippen LogP) is 2.76. The second-order valence-corrected chi connectivity index (χ2v) is 7.87. The smallest absolute Gasteiger partial charge is 0.236 e. The van der Waals surface area contributed by atoms with Crippen molar-refractivity contribution in [1.82, 2.24) is 19.1 Å². The molecule has 4 rings (SSSR count). The van der Waals surface area contributed by atoms with Gasteiger partial charge in [-0.1, -0.05) is 60.7 Å². The number of rotatable bonds is 4. The van der Waals surface area contributed by atoms with Crippen molar-refractivity contribution in [2.45, 2.75) is 13.1 Å². The molecule has 0 saturated heterocycles. The molecular formula is C19H18N4O2S. The minimum Gasteiger partial charge on any atom is -0.309 e. The summed E-state index contributed by atoms with van der Waals surface area (Å²) in [5, 5.41) is 9.71. The largest absolute Gasteiger partial charge is 0.309 e. The average molecular weight is 366 g/mol. The highest BCUT2D eigenvalue weighted by Crippen LogP contribution is 2.23. The topological polar surface area (TPSA) is 68.1 Å². The van der Waals surface area contributed by atoms with E-state index in [1.54, 1.807) is 6.08 Å². The summed E-state index contributed by atoms with van der Waals surface area (Å²) in [6.07, 6.45) is 1.62. The zero-order valence-electron chi connectivity index (χ0n) is 14.1. The van der Waals surface area contributed by atoms with Crippen LogP contribution in [0.15, 0.2) is 66.1 Å². The molecule has 0 N–H and O–H groups in total. The van der Waals surface area contributed by atoms with Crippen molar-refractivity contribution in [2.75, 3.05) is 6.54 Å². The van der Waals surface area contributed by atoms with Crippen LogP contribution in [0.5, 0.6) is 0 Å². The Morgan fingerprint density at radius 3 is 2.31 bits per heavy atom. The number of fused-ring (bicyclic) bond motifs is 1. The summed E-state index contributed by atoms with van der Waals surface area (Å²) >= 11 is 0. The van der Waals surface area contributed by atoms with E-state index in [4.69, 9.17) is 0 Å². The van der Waals surface area contributed by atoms with Gasteiger partial charge in [-0.05, 0) is 11.6 Å². The van der Waals surface area contributed by atoms with Gasteiger partial charge in [0.1, 0.15) is 5.82 Å². The Labute approximate surface area is 152 Å². The molecule has 0 fully saturated rings. The van der Waals surface area contributed by atoms with Gasteiger partial charge in [-0.2, -0.15) is 4.31 Å². The Morgan fingerprint density at radius 2 is 1.58 bits per heavy atom. The van der Waals surface area contributed by atoms with Crippen LogP contribution in [0, 0.1) is 0 Å². The number of sulfonamides is 1. The second-order valence-electron chi connectivity index (χ2n) is 6.05. The maximum Gasteiger partial charge on any atom is 0.236 e. The van der Waals surface area contributed by atoms with E-state index < -0.39 is 10.0 Å². The molecule has 1 aliphatic rings. The van der Waals surface area contributed by atoms with E-state index in [0.717, 1.165) is 17.0 Å². The van der Waals surface area contributed by atoms with Crippen LogP contribution in [0.3, 0.4) is 0 Å². The highest BCUT2D eigenvalue weighted by atomic mass is 32.2. The normalized spacial score (nSPS) is 15.2. The van der Waals surface area contributed by atoms with Gasteiger partial charge >= 0.3 is 0 Å². The zero-order chi connectivity index (χ0) is 18.0. The summed E-state index contributed by atoms with van der Waals surface area (Å²) < 4.78 is 28.7. The van der Waals surface area contributed by atoms with E-state index in [-0.39, 0.29) is 6.54 Å². The van der Waals surface area contributed by atoms with Crippen LogP contribution in [-0.2, 0) is 23.1 Å². The van der Waals surface area contributed by atoms with Gasteiger partial charge in [0.25, 0.3) is 0 Å². The molecule has 0 bridgehead atoms. The SMILES string of the molecule is O=S(=O)(/C=C/c1ccccc1)N1CCn2c(nnc2-c2ccccc2)C1. The lowest BCUT2D eigenvalue weighted by molar-refractivity contribution is 0.340. The first-order chi connectivity index (χ1) is 12.6. The van der Waals surface area contributed by atoms with Gasteiger partial charge in [-0.15, -0.1) is 10.2 Å². The molecule has 132 valence electrons. The summed E-state index contributed by atoms with van der Waals surface area (Å²) in [5.74, 6) is 1.43. The summed E-state index contributed by atoms with van der Waals surface area (Å²) in [5.41, 5.74) is 1.83. The highest BCUT2D eigenvalue weighted by Gasteiger charge is 2.28. The van der Waals surface area contributed by atoms with E-state index >= 15 is 0 Å². The fraction of sp³-hybridized carbons (Fsp3) is 0.158. The average Bonchev–Trinajstić information content (AvgIpc) is 3.11. The van der Waals surface area contributed by atoms with Crippen LogP contribution in [0.1, 0.15) is 11.4 Å².